The number of benzene rings is 1. The van der Waals surface area contributed by atoms with Crippen molar-refractivity contribution in [3.63, 3.8) is 0 Å². The summed E-state index contributed by atoms with van der Waals surface area (Å²) in [6.07, 6.45) is 5.00. The molecule has 8 nitrogen and oxygen atoms in total. The molecule has 1 N–H and O–H groups in total. The van der Waals surface area contributed by atoms with Crippen LogP contribution in [0.1, 0.15) is 18.5 Å². The summed E-state index contributed by atoms with van der Waals surface area (Å²) < 4.78 is 11.0. The maximum atomic E-state index is 13.1. The Balaban J connectivity index is 1.53. The van der Waals surface area contributed by atoms with Crippen molar-refractivity contribution in [2.45, 2.75) is 25.5 Å². The molecule has 144 valence electrons. The molecule has 0 radical (unpaired) electrons. The highest BCUT2D eigenvalue weighted by Gasteiger charge is 2.24. The molecule has 3 aromatic rings. The van der Waals surface area contributed by atoms with Crippen LogP contribution in [0.15, 0.2) is 59.5 Å². The molecule has 1 fully saturated rings. The zero-order valence-electron chi connectivity index (χ0n) is 15.3. The largest absolute Gasteiger partial charge is 0.423 e. The van der Waals surface area contributed by atoms with Gasteiger partial charge < -0.3 is 19.4 Å². The molecule has 2 aromatic heterocycles. The lowest BCUT2D eigenvalue weighted by Gasteiger charge is -2.26. The highest BCUT2D eigenvalue weighted by molar-refractivity contribution is 5.93. The average molecular weight is 379 g/mol. The summed E-state index contributed by atoms with van der Waals surface area (Å²) in [6, 6.07) is 12.8. The Labute approximate surface area is 162 Å². The van der Waals surface area contributed by atoms with Crippen molar-refractivity contribution < 1.29 is 13.9 Å². The third-order valence-electron chi connectivity index (χ3n) is 4.57. The Morgan fingerprint density at radius 2 is 2.11 bits per heavy atom. The van der Waals surface area contributed by atoms with E-state index in [1.54, 1.807) is 11.1 Å². The number of urea groups is 1. The third-order valence-corrected chi connectivity index (χ3v) is 4.57. The predicted molar refractivity (Wildman–Crippen MR) is 102 cm³/mol. The molecule has 1 aromatic carbocycles. The Bertz CT molecular complexity index is 895. The fourth-order valence-electron chi connectivity index (χ4n) is 3.20. The standard InChI is InChI=1S/C20H21N5O3/c26-20(23-18-9-2-1-8-17(18)19-24-22-14-28-19)25(13-16-7-5-11-27-16)12-15-6-3-4-10-21-15/h1-4,6,8-10,14,16H,5,7,11-13H2,(H,23,26). The molecule has 8 heteroatoms. The second kappa shape index (κ2) is 8.62. The quantitative estimate of drug-likeness (QED) is 0.706. The molecule has 1 atom stereocenters. The SMILES string of the molecule is O=C(Nc1ccccc1-c1nnco1)N(Cc1ccccn1)CC1CCCO1. The minimum absolute atomic E-state index is 0.0423. The van der Waals surface area contributed by atoms with Gasteiger partial charge in [-0.3, -0.25) is 4.98 Å². The Hall–Kier alpha value is -3.26. The molecule has 1 aliphatic rings. The summed E-state index contributed by atoms with van der Waals surface area (Å²) >= 11 is 0. The molecule has 2 amide bonds. The summed E-state index contributed by atoms with van der Waals surface area (Å²) in [5.41, 5.74) is 2.10. The number of pyridine rings is 1. The average Bonchev–Trinajstić information content (AvgIpc) is 3.43. The number of nitrogens with zero attached hydrogens (tertiary/aromatic N) is 4. The van der Waals surface area contributed by atoms with Gasteiger partial charge in [-0.05, 0) is 37.1 Å². The van der Waals surface area contributed by atoms with Gasteiger partial charge in [0.15, 0.2) is 0 Å². The van der Waals surface area contributed by atoms with Gasteiger partial charge in [0.2, 0.25) is 12.3 Å². The highest BCUT2D eigenvalue weighted by atomic mass is 16.5. The van der Waals surface area contributed by atoms with E-state index in [2.05, 4.69) is 20.5 Å². The van der Waals surface area contributed by atoms with Crippen molar-refractivity contribution in [1.29, 1.82) is 0 Å². The number of hydrogen-bond donors (Lipinski definition) is 1. The van der Waals surface area contributed by atoms with E-state index in [1.165, 1.54) is 6.39 Å². The maximum absolute atomic E-state index is 13.1. The van der Waals surface area contributed by atoms with E-state index in [0.29, 0.717) is 30.2 Å². The molecule has 0 spiro atoms. The van der Waals surface area contributed by atoms with E-state index in [-0.39, 0.29) is 12.1 Å². The van der Waals surface area contributed by atoms with Gasteiger partial charge in [-0.15, -0.1) is 10.2 Å². The summed E-state index contributed by atoms with van der Waals surface area (Å²) in [5.74, 6) is 0.353. The number of para-hydroxylation sites is 1. The van der Waals surface area contributed by atoms with Gasteiger partial charge in [-0.2, -0.15) is 0 Å². The Kier molecular flexibility index (Phi) is 5.58. The van der Waals surface area contributed by atoms with Gasteiger partial charge in [0.05, 0.1) is 29.6 Å². The van der Waals surface area contributed by atoms with Crippen molar-refractivity contribution in [3.05, 3.63) is 60.7 Å². The number of amides is 2. The smallest absolute Gasteiger partial charge is 0.322 e. The van der Waals surface area contributed by atoms with Gasteiger partial charge >= 0.3 is 6.03 Å². The van der Waals surface area contributed by atoms with Gasteiger partial charge in [0, 0.05) is 19.3 Å². The second-order valence-electron chi connectivity index (χ2n) is 6.56. The first-order valence-corrected chi connectivity index (χ1v) is 9.22. The van der Waals surface area contributed by atoms with Crippen LogP contribution in [-0.4, -0.2) is 45.4 Å². The third kappa shape index (κ3) is 4.34. The molecule has 0 aliphatic carbocycles. The summed E-state index contributed by atoms with van der Waals surface area (Å²) in [7, 11) is 0. The van der Waals surface area contributed by atoms with E-state index in [0.717, 1.165) is 25.1 Å². The normalized spacial score (nSPS) is 16.1. The number of rotatable bonds is 6. The molecule has 1 unspecified atom stereocenters. The van der Waals surface area contributed by atoms with Gasteiger partial charge in [0.25, 0.3) is 0 Å². The number of aromatic nitrogens is 3. The van der Waals surface area contributed by atoms with E-state index < -0.39 is 0 Å². The Morgan fingerprint density at radius 3 is 2.86 bits per heavy atom. The topological polar surface area (TPSA) is 93.4 Å². The molecular weight excluding hydrogens is 358 g/mol. The first-order chi connectivity index (χ1) is 13.8. The lowest BCUT2D eigenvalue weighted by atomic mass is 10.1. The van der Waals surface area contributed by atoms with Crippen LogP contribution >= 0.6 is 0 Å². The molecule has 0 saturated carbocycles. The van der Waals surface area contributed by atoms with E-state index in [1.807, 2.05) is 42.5 Å². The second-order valence-corrected chi connectivity index (χ2v) is 6.56. The van der Waals surface area contributed by atoms with Crippen molar-refractivity contribution in [2.24, 2.45) is 0 Å². The number of hydrogen-bond acceptors (Lipinski definition) is 6. The van der Waals surface area contributed by atoms with Crippen LogP contribution in [0.4, 0.5) is 10.5 Å². The van der Waals surface area contributed by atoms with Crippen molar-refractivity contribution in [2.75, 3.05) is 18.5 Å². The number of carbonyl (C=O) groups is 1. The van der Waals surface area contributed by atoms with Crippen molar-refractivity contribution in [3.8, 4) is 11.5 Å². The van der Waals surface area contributed by atoms with Crippen LogP contribution in [0.3, 0.4) is 0 Å². The monoisotopic (exact) mass is 379 g/mol. The number of carbonyl (C=O) groups excluding carboxylic acids is 1. The van der Waals surface area contributed by atoms with Crippen molar-refractivity contribution >= 4 is 11.7 Å². The first kappa shape index (κ1) is 18.1. The fraction of sp³-hybridized carbons (Fsp3) is 0.300. The zero-order chi connectivity index (χ0) is 19.2. The van der Waals surface area contributed by atoms with E-state index in [9.17, 15) is 4.79 Å². The molecular formula is C20H21N5O3. The molecule has 28 heavy (non-hydrogen) atoms. The number of ether oxygens (including phenoxy) is 1. The van der Waals surface area contributed by atoms with Gasteiger partial charge in [0.1, 0.15) is 0 Å². The van der Waals surface area contributed by atoms with Crippen LogP contribution in [0, 0.1) is 0 Å². The Morgan fingerprint density at radius 1 is 1.21 bits per heavy atom. The van der Waals surface area contributed by atoms with Crippen molar-refractivity contribution in [1.82, 2.24) is 20.1 Å². The minimum atomic E-state index is -0.229. The first-order valence-electron chi connectivity index (χ1n) is 9.22. The van der Waals surface area contributed by atoms with Gasteiger partial charge in [-0.1, -0.05) is 18.2 Å². The van der Waals surface area contributed by atoms with Crippen LogP contribution < -0.4 is 5.32 Å². The fourth-order valence-corrected chi connectivity index (χ4v) is 3.20. The van der Waals surface area contributed by atoms with E-state index in [4.69, 9.17) is 9.15 Å². The van der Waals surface area contributed by atoms with Crippen LogP contribution in [0.5, 0.6) is 0 Å². The molecule has 0 bridgehead atoms. The van der Waals surface area contributed by atoms with Crippen LogP contribution in [0.25, 0.3) is 11.5 Å². The molecule has 1 saturated heterocycles. The summed E-state index contributed by atoms with van der Waals surface area (Å²) in [4.78, 5) is 19.2. The lowest BCUT2D eigenvalue weighted by molar-refractivity contribution is 0.0816. The highest BCUT2D eigenvalue weighted by Crippen LogP contribution is 2.26. The zero-order valence-corrected chi connectivity index (χ0v) is 15.3. The van der Waals surface area contributed by atoms with Gasteiger partial charge in [-0.25, -0.2) is 4.79 Å². The van der Waals surface area contributed by atoms with E-state index >= 15 is 0 Å². The summed E-state index contributed by atoms with van der Waals surface area (Å²) in [6.45, 7) is 1.64. The maximum Gasteiger partial charge on any atom is 0.322 e. The lowest BCUT2D eigenvalue weighted by Crippen LogP contribution is -2.40. The van der Waals surface area contributed by atoms with Crippen LogP contribution in [-0.2, 0) is 11.3 Å². The summed E-state index contributed by atoms with van der Waals surface area (Å²) in [5, 5.41) is 10.6. The molecule has 1 aliphatic heterocycles. The molecule has 4 rings (SSSR count). The molecule has 3 heterocycles. The minimum Gasteiger partial charge on any atom is -0.423 e. The number of anilines is 1. The predicted octanol–water partition coefficient (Wildman–Crippen LogP) is 3.34. The van der Waals surface area contributed by atoms with Crippen LogP contribution in [0.2, 0.25) is 0 Å². The number of nitrogens with one attached hydrogen (secondary N) is 1.